The van der Waals surface area contributed by atoms with Gasteiger partial charge >= 0.3 is 0 Å². The molecule has 0 saturated heterocycles. The highest BCUT2D eigenvalue weighted by molar-refractivity contribution is 5.68. The second-order valence-corrected chi connectivity index (χ2v) is 5.64. The van der Waals surface area contributed by atoms with E-state index in [1.165, 1.54) is 32.1 Å². The van der Waals surface area contributed by atoms with E-state index in [-0.39, 0.29) is 5.54 Å². The molecule has 0 spiro atoms. The molecule has 4 N–H and O–H groups in total. The number of nitrogens with zero attached hydrogens (tertiary/aromatic N) is 1. The van der Waals surface area contributed by atoms with E-state index in [1.807, 2.05) is 18.3 Å². The van der Waals surface area contributed by atoms with Crippen LogP contribution in [0.5, 0.6) is 0 Å². The van der Waals surface area contributed by atoms with Crippen LogP contribution < -0.4 is 11.5 Å². The van der Waals surface area contributed by atoms with Gasteiger partial charge in [-0.1, -0.05) is 25.3 Å². The normalized spacial score (nSPS) is 28.6. The highest BCUT2D eigenvalue weighted by Gasteiger charge is 2.41. The Morgan fingerprint density at radius 3 is 2.78 bits per heavy atom. The van der Waals surface area contributed by atoms with Crippen molar-refractivity contribution in [3.63, 3.8) is 0 Å². The lowest BCUT2D eigenvalue weighted by Crippen LogP contribution is -2.47. The highest BCUT2D eigenvalue weighted by Crippen LogP contribution is 2.43. The monoisotopic (exact) mass is 243 g/mol. The van der Waals surface area contributed by atoms with Gasteiger partial charge in [-0.05, 0) is 37.3 Å². The van der Waals surface area contributed by atoms with E-state index in [1.54, 1.807) is 0 Å². The third-order valence-electron chi connectivity index (χ3n) is 4.55. The molecule has 2 aliphatic carbocycles. The molecule has 0 radical (unpaired) electrons. The lowest BCUT2D eigenvalue weighted by Gasteiger charge is -2.41. The van der Waals surface area contributed by atoms with Gasteiger partial charge < -0.3 is 11.5 Å². The van der Waals surface area contributed by atoms with Gasteiger partial charge in [0, 0.05) is 17.5 Å². The van der Waals surface area contributed by atoms with E-state index in [0.29, 0.717) is 5.92 Å². The van der Waals surface area contributed by atoms with Crippen LogP contribution in [0.4, 0.5) is 0 Å². The molecular formula is C15H21N3. The number of fused-ring (bicyclic) bond motifs is 1. The molecular weight excluding hydrogens is 222 g/mol. The van der Waals surface area contributed by atoms with Crippen LogP contribution in [0.3, 0.4) is 0 Å². The zero-order valence-corrected chi connectivity index (χ0v) is 10.7. The van der Waals surface area contributed by atoms with Crippen molar-refractivity contribution in [2.75, 3.05) is 0 Å². The molecule has 1 unspecified atom stereocenters. The molecule has 18 heavy (non-hydrogen) atoms. The fourth-order valence-electron chi connectivity index (χ4n) is 3.47. The topological polar surface area (TPSA) is 64.9 Å². The summed E-state index contributed by atoms with van der Waals surface area (Å²) in [7, 11) is 0. The maximum atomic E-state index is 6.74. The fraction of sp³-hybridized carbons (Fsp3) is 0.533. The zero-order chi connectivity index (χ0) is 12.6. The minimum atomic E-state index is -0.306. The molecule has 0 bridgehead atoms. The average Bonchev–Trinajstić information content (AvgIpc) is 2.44. The molecule has 1 atom stereocenters. The molecule has 1 saturated carbocycles. The predicted octanol–water partition coefficient (Wildman–Crippen LogP) is 2.52. The summed E-state index contributed by atoms with van der Waals surface area (Å²) in [5.41, 5.74) is 15.4. The molecule has 3 heteroatoms. The highest BCUT2D eigenvalue weighted by atomic mass is 14.9. The second kappa shape index (κ2) is 4.39. The Hall–Kier alpha value is -1.35. The van der Waals surface area contributed by atoms with Crippen LogP contribution >= 0.6 is 0 Å². The van der Waals surface area contributed by atoms with Crippen LogP contribution in [-0.4, -0.2) is 4.98 Å². The van der Waals surface area contributed by atoms with Crippen molar-refractivity contribution in [3.05, 3.63) is 35.7 Å². The molecule has 3 nitrogen and oxygen atoms in total. The van der Waals surface area contributed by atoms with E-state index >= 15 is 0 Å². The fourth-order valence-corrected chi connectivity index (χ4v) is 3.47. The van der Waals surface area contributed by atoms with Gasteiger partial charge in [0.2, 0.25) is 0 Å². The van der Waals surface area contributed by atoms with Crippen molar-refractivity contribution < 1.29 is 0 Å². The Morgan fingerprint density at radius 2 is 2.00 bits per heavy atom. The average molecular weight is 243 g/mol. The van der Waals surface area contributed by atoms with Crippen LogP contribution in [0, 0.1) is 5.92 Å². The van der Waals surface area contributed by atoms with Gasteiger partial charge in [-0.2, -0.15) is 0 Å². The van der Waals surface area contributed by atoms with Gasteiger partial charge in [0.1, 0.15) is 0 Å². The van der Waals surface area contributed by atoms with Gasteiger partial charge in [-0.25, -0.2) is 0 Å². The largest absolute Gasteiger partial charge is 0.398 e. The second-order valence-electron chi connectivity index (χ2n) is 5.64. The van der Waals surface area contributed by atoms with Crippen molar-refractivity contribution in [3.8, 4) is 0 Å². The number of hydrogen-bond acceptors (Lipinski definition) is 3. The minimum Gasteiger partial charge on any atom is -0.398 e. The quantitative estimate of drug-likeness (QED) is 0.796. The summed E-state index contributed by atoms with van der Waals surface area (Å²) in [6.07, 6.45) is 11.1. The standard InChI is InChI=1S/C15H21N3/c16-13-8-9-15(17,11-5-2-1-3-6-11)14-12(13)7-4-10-18-14/h4,7-8,10-11H,1-3,5-6,9,16-17H2. The molecule has 96 valence electrons. The minimum absolute atomic E-state index is 0.306. The van der Waals surface area contributed by atoms with E-state index in [2.05, 4.69) is 11.1 Å². The van der Waals surface area contributed by atoms with E-state index in [9.17, 15) is 0 Å². The van der Waals surface area contributed by atoms with Gasteiger partial charge in [-0.3, -0.25) is 4.98 Å². The maximum absolute atomic E-state index is 6.74. The molecule has 2 aliphatic rings. The molecule has 0 amide bonds. The Kier molecular flexibility index (Phi) is 2.86. The smallest absolute Gasteiger partial charge is 0.0701 e. The van der Waals surface area contributed by atoms with E-state index < -0.39 is 0 Å². The van der Waals surface area contributed by atoms with Gasteiger partial charge in [-0.15, -0.1) is 0 Å². The van der Waals surface area contributed by atoms with Crippen molar-refractivity contribution in [1.82, 2.24) is 4.98 Å². The summed E-state index contributed by atoms with van der Waals surface area (Å²) in [6, 6.07) is 3.98. The molecule has 0 aromatic carbocycles. The number of hydrogen-bond donors (Lipinski definition) is 2. The molecule has 1 aromatic rings. The molecule has 1 fully saturated rings. The summed E-state index contributed by atoms with van der Waals surface area (Å²) in [5, 5.41) is 0. The first-order valence-electron chi connectivity index (χ1n) is 6.92. The maximum Gasteiger partial charge on any atom is 0.0701 e. The number of nitrogens with two attached hydrogens (primary N) is 2. The molecule has 1 aromatic heterocycles. The Balaban J connectivity index is 2.03. The SMILES string of the molecule is NC1=CCC(N)(C2CCCCC2)c2ncccc21. The summed E-state index contributed by atoms with van der Waals surface area (Å²) in [4.78, 5) is 4.55. The summed E-state index contributed by atoms with van der Waals surface area (Å²) >= 11 is 0. The number of aromatic nitrogens is 1. The number of rotatable bonds is 1. The zero-order valence-electron chi connectivity index (χ0n) is 10.7. The first-order chi connectivity index (χ1) is 8.72. The summed E-state index contributed by atoms with van der Waals surface area (Å²) < 4.78 is 0. The van der Waals surface area contributed by atoms with Crippen LogP contribution in [-0.2, 0) is 5.54 Å². The van der Waals surface area contributed by atoms with Crippen molar-refractivity contribution >= 4 is 5.70 Å². The Morgan fingerprint density at radius 1 is 1.22 bits per heavy atom. The van der Waals surface area contributed by atoms with E-state index in [4.69, 9.17) is 11.5 Å². The van der Waals surface area contributed by atoms with E-state index in [0.717, 1.165) is 23.4 Å². The van der Waals surface area contributed by atoms with Crippen LogP contribution in [0.1, 0.15) is 49.8 Å². The molecule has 3 rings (SSSR count). The van der Waals surface area contributed by atoms with Gasteiger partial charge in [0.15, 0.2) is 0 Å². The van der Waals surface area contributed by atoms with Crippen LogP contribution in [0.25, 0.3) is 5.70 Å². The first kappa shape index (κ1) is 11.7. The van der Waals surface area contributed by atoms with Crippen LogP contribution in [0.2, 0.25) is 0 Å². The lowest BCUT2D eigenvalue weighted by molar-refractivity contribution is 0.201. The summed E-state index contributed by atoms with van der Waals surface area (Å²) in [5.74, 6) is 0.546. The predicted molar refractivity (Wildman–Crippen MR) is 73.5 cm³/mol. The number of pyridine rings is 1. The van der Waals surface area contributed by atoms with Crippen molar-refractivity contribution in [1.29, 1.82) is 0 Å². The Bertz CT molecular complexity index is 474. The van der Waals surface area contributed by atoms with Crippen molar-refractivity contribution in [2.24, 2.45) is 17.4 Å². The lowest BCUT2D eigenvalue weighted by atomic mass is 9.68. The van der Waals surface area contributed by atoms with Gasteiger partial charge in [0.25, 0.3) is 0 Å². The Labute approximate surface area is 108 Å². The van der Waals surface area contributed by atoms with Crippen LogP contribution in [0.15, 0.2) is 24.4 Å². The van der Waals surface area contributed by atoms with Gasteiger partial charge in [0.05, 0.1) is 11.2 Å². The summed E-state index contributed by atoms with van der Waals surface area (Å²) in [6.45, 7) is 0. The first-order valence-corrected chi connectivity index (χ1v) is 6.92. The molecule has 0 aliphatic heterocycles. The third-order valence-corrected chi connectivity index (χ3v) is 4.55. The molecule has 1 heterocycles. The van der Waals surface area contributed by atoms with Crippen molar-refractivity contribution in [2.45, 2.75) is 44.1 Å². The third kappa shape index (κ3) is 1.74.